The van der Waals surface area contributed by atoms with Gasteiger partial charge in [0.25, 0.3) is 0 Å². The molecule has 0 amide bonds. The molecule has 1 spiro atoms. The fourth-order valence-corrected chi connectivity index (χ4v) is 5.96. The fraction of sp³-hybridized carbons (Fsp3) is 0.650. The Morgan fingerprint density at radius 3 is 2.82 bits per heavy atom. The highest BCUT2D eigenvalue weighted by Gasteiger charge is 2.41. The van der Waals surface area contributed by atoms with Gasteiger partial charge in [0.1, 0.15) is 9.84 Å². The first-order valence-corrected chi connectivity index (χ1v) is 12.9. The number of likely N-dealkylation sites (tertiary alicyclic amines) is 1. The van der Waals surface area contributed by atoms with Gasteiger partial charge in [0.05, 0.1) is 30.7 Å². The van der Waals surface area contributed by atoms with E-state index in [9.17, 15) is 8.42 Å². The van der Waals surface area contributed by atoms with Gasteiger partial charge < -0.3 is 4.74 Å². The van der Waals surface area contributed by atoms with Crippen molar-refractivity contribution < 1.29 is 13.2 Å². The molecule has 6 nitrogen and oxygen atoms in total. The fourth-order valence-electron chi connectivity index (χ4n) is 4.26. The maximum Gasteiger partial charge on any atom is 0.149 e. The third-order valence-electron chi connectivity index (χ3n) is 5.85. The zero-order chi connectivity index (χ0) is 19.8. The molecule has 154 valence electrons. The lowest BCUT2D eigenvalue weighted by atomic mass is 9.82. The van der Waals surface area contributed by atoms with E-state index in [2.05, 4.69) is 23.0 Å². The molecule has 2 aliphatic heterocycles. The third kappa shape index (κ3) is 4.35. The Balaban J connectivity index is 1.37. The van der Waals surface area contributed by atoms with Crippen molar-refractivity contribution >= 4 is 21.2 Å². The van der Waals surface area contributed by atoms with E-state index in [0.29, 0.717) is 6.54 Å². The Morgan fingerprint density at radius 1 is 1.32 bits per heavy atom. The van der Waals surface area contributed by atoms with Gasteiger partial charge >= 0.3 is 0 Å². The highest BCUT2D eigenvalue weighted by molar-refractivity contribution is 7.90. The normalized spacial score (nSPS) is 19.8. The van der Waals surface area contributed by atoms with Crippen molar-refractivity contribution in [3.8, 4) is 0 Å². The van der Waals surface area contributed by atoms with Crippen molar-refractivity contribution in [1.29, 1.82) is 0 Å². The van der Waals surface area contributed by atoms with Crippen LogP contribution in [0.3, 0.4) is 0 Å². The zero-order valence-electron chi connectivity index (χ0n) is 16.7. The van der Waals surface area contributed by atoms with Crippen LogP contribution in [0.15, 0.2) is 18.5 Å². The van der Waals surface area contributed by atoms with Crippen LogP contribution in [0.4, 0.5) is 0 Å². The average Bonchev–Trinajstić information content (AvgIpc) is 3.29. The Morgan fingerprint density at radius 2 is 2.11 bits per heavy atom. The van der Waals surface area contributed by atoms with Crippen LogP contribution in [-0.2, 0) is 46.1 Å². The number of hydrogen-bond donors (Lipinski definition) is 0. The second-order valence-electron chi connectivity index (χ2n) is 8.01. The van der Waals surface area contributed by atoms with Gasteiger partial charge in [0.15, 0.2) is 0 Å². The lowest BCUT2D eigenvalue weighted by Gasteiger charge is -2.44. The number of thiophene rings is 1. The molecule has 0 radical (unpaired) electrons. The molecule has 2 aromatic heterocycles. The van der Waals surface area contributed by atoms with E-state index in [1.54, 1.807) is 4.68 Å². The highest BCUT2D eigenvalue weighted by atomic mass is 32.2. The summed E-state index contributed by atoms with van der Waals surface area (Å²) in [5, 5.41) is 4.31. The Bertz CT molecular complexity index is 924. The van der Waals surface area contributed by atoms with E-state index < -0.39 is 9.84 Å². The molecule has 2 aliphatic rings. The SMILES string of the molecule is CCc1cc2c(s1)CCOC21CCN(Cc2cnn(CCS(C)(=O)=O)c2)CC1. The van der Waals surface area contributed by atoms with Crippen LogP contribution in [-0.4, -0.2) is 54.8 Å². The summed E-state index contributed by atoms with van der Waals surface area (Å²) < 4.78 is 30.7. The van der Waals surface area contributed by atoms with Crippen molar-refractivity contribution in [2.24, 2.45) is 0 Å². The summed E-state index contributed by atoms with van der Waals surface area (Å²) in [6.07, 6.45) is 9.30. The van der Waals surface area contributed by atoms with Crippen molar-refractivity contribution in [3.05, 3.63) is 39.3 Å². The van der Waals surface area contributed by atoms with Gasteiger partial charge in [-0.3, -0.25) is 9.58 Å². The van der Waals surface area contributed by atoms with Gasteiger partial charge in [-0.05, 0) is 30.9 Å². The van der Waals surface area contributed by atoms with Crippen LogP contribution in [0, 0.1) is 0 Å². The Labute approximate surface area is 171 Å². The number of fused-ring (bicyclic) bond motifs is 2. The standard InChI is InChI=1S/C20H29N3O3S2/c1-3-17-12-18-19(27-17)4-10-26-20(18)5-7-22(8-6-20)14-16-13-21-23(15-16)9-11-28(2,24)25/h12-13,15H,3-11,14H2,1-2H3. The summed E-state index contributed by atoms with van der Waals surface area (Å²) in [5.74, 6) is 0.125. The van der Waals surface area contributed by atoms with Gasteiger partial charge in [-0.25, -0.2) is 8.42 Å². The molecule has 2 aromatic rings. The summed E-state index contributed by atoms with van der Waals surface area (Å²) in [6.45, 7) is 6.34. The molecule has 0 atom stereocenters. The van der Waals surface area contributed by atoms with E-state index >= 15 is 0 Å². The van der Waals surface area contributed by atoms with Crippen LogP contribution in [0.1, 0.15) is 40.6 Å². The highest BCUT2D eigenvalue weighted by Crippen LogP contribution is 2.44. The summed E-state index contributed by atoms with van der Waals surface area (Å²) >= 11 is 1.97. The Hall–Kier alpha value is -1.22. The van der Waals surface area contributed by atoms with Crippen molar-refractivity contribution in [2.45, 2.75) is 51.3 Å². The van der Waals surface area contributed by atoms with Gasteiger partial charge in [-0.2, -0.15) is 5.10 Å². The molecular weight excluding hydrogens is 394 g/mol. The number of hydrogen-bond acceptors (Lipinski definition) is 6. The minimum Gasteiger partial charge on any atom is -0.370 e. The maximum absolute atomic E-state index is 11.3. The quantitative estimate of drug-likeness (QED) is 0.715. The second kappa shape index (κ2) is 7.89. The number of ether oxygens (including phenoxy) is 1. The van der Waals surface area contributed by atoms with Crippen LogP contribution < -0.4 is 0 Å². The first kappa shape index (κ1) is 20.1. The monoisotopic (exact) mass is 423 g/mol. The molecule has 0 bridgehead atoms. The number of nitrogens with zero attached hydrogens (tertiary/aromatic N) is 3. The maximum atomic E-state index is 11.3. The second-order valence-corrected chi connectivity index (χ2v) is 11.5. The summed E-state index contributed by atoms with van der Waals surface area (Å²) in [7, 11) is -2.97. The molecule has 1 saturated heterocycles. The largest absolute Gasteiger partial charge is 0.370 e. The lowest BCUT2D eigenvalue weighted by molar-refractivity contribution is -0.0981. The van der Waals surface area contributed by atoms with Crippen LogP contribution in [0.25, 0.3) is 0 Å². The summed E-state index contributed by atoms with van der Waals surface area (Å²) in [5.41, 5.74) is 2.50. The van der Waals surface area contributed by atoms with Crippen molar-refractivity contribution in [2.75, 3.05) is 31.7 Å². The van der Waals surface area contributed by atoms with E-state index in [1.807, 2.05) is 23.7 Å². The molecule has 4 heterocycles. The molecule has 0 unspecified atom stereocenters. The number of piperidine rings is 1. The van der Waals surface area contributed by atoms with Gasteiger partial charge in [-0.15, -0.1) is 11.3 Å². The smallest absolute Gasteiger partial charge is 0.149 e. The van der Waals surface area contributed by atoms with Crippen molar-refractivity contribution in [1.82, 2.24) is 14.7 Å². The predicted octanol–water partition coefficient (Wildman–Crippen LogP) is 2.62. The molecule has 28 heavy (non-hydrogen) atoms. The first-order valence-electron chi connectivity index (χ1n) is 10.0. The molecule has 1 fully saturated rings. The average molecular weight is 424 g/mol. The van der Waals surface area contributed by atoms with E-state index in [4.69, 9.17) is 4.74 Å². The topological polar surface area (TPSA) is 64.4 Å². The van der Waals surface area contributed by atoms with E-state index in [-0.39, 0.29) is 11.4 Å². The molecule has 0 aliphatic carbocycles. The van der Waals surface area contributed by atoms with Crippen LogP contribution >= 0.6 is 11.3 Å². The molecule has 0 saturated carbocycles. The molecule has 8 heteroatoms. The molecule has 0 N–H and O–H groups in total. The number of sulfone groups is 1. The van der Waals surface area contributed by atoms with Gasteiger partial charge in [0.2, 0.25) is 0 Å². The van der Waals surface area contributed by atoms with Crippen LogP contribution in [0.2, 0.25) is 0 Å². The minimum atomic E-state index is -2.97. The molecule has 4 rings (SSSR count). The van der Waals surface area contributed by atoms with E-state index in [0.717, 1.165) is 57.5 Å². The number of aromatic nitrogens is 2. The molecule has 0 aromatic carbocycles. The zero-order valence-corrected chi connectivity index (χ0v) is 18.3. The van der Waals surface area contributed by atoms with Crippen LogP contribution in [0.5, 0.6) is 0 Å². The summed E-state index contributed by atoms with van der Waals surface area (Å²) in [6, 6.07) is 2.39. The number of aryl methyl sites for hydroxylation is 2. The number of rotatable bonds is 6. The first-order chi connectivity index (χ1) is 13.4. The Kier molecular flexibility index (Phi) is 5.66. The lowest BCUT2D eigenvalue weighted by Crippen LogP contribution is -2.45. The van der Waals surface area contributed by atoms with Crippen molar-refractivity contribution in [3.63, 3.8) is 0 Å². The van der Waals surface area contributed by atoms with Gasteiger partial charge in [-0.1, -0.05) is 6.92 Å². The predicted molar refractivity (Wildman–Crippen MR) is 111 cm³/mol. The third-order valence-corrected chi connectivity index (χ3v) is 8.12. The van der Waals surface area contributed by atoms with Gasteiger partial charge in [0, 0.05) is 53.8 Å². The molecular formula is C20H29N3O3S2. The van der Waals surface area contributed by atoms with E-state index in [1.165, 1.54) is 21.6 Å². The minimum absolute atomic E-state index is 0.0896. The summed E-state index contributed by atoms with van der Waals surface area (Å²) in [4.78, 5) is 5.45.